The average molecular weight is 417 g/mol. The van der Waals surface area contributed by atoms with Crippen molar-refractivity contribution in [2.75, 3.05) is 7.11 Å². The van der Waals surface area contributed by atoms with Crippen LogP contribution in [-0.4, -0.2) is 25.1 Å². The van der Waals surface area contributed by atoms with Crippen molar-refractivity contribution in [3.05, 3.63) is 71.8 Å². The first-order chi connectivity index (χ1) is 13.3. The van der Waals surface area contributed by atoms with E-state index in [0.717, 1.165) is 29.2 Å². The molecule has 0 aliphatic heterocycles. The molecule has 28 heavy (non-hydrogen) atoms. The Morgan fingerprint density at radius 1 is 0.929 bits per heavy atom. The van der Waals surface area contributed by atoms with Gasteiger partial charge in [-0.2, -0.15) is 4.57 Å². The number of hydrogen-bond donors (Lipinski definition) is 0. The molecule has 4 aromatic rings. The summed E-state index contributed by atoms with van der Waals surface area (Å²) in [6, 6.07) is 22.6. The first-order valence-corrected chi connectivity index (χ1v) is 9.95. The van der Waals surface area contributed by atoms with Crippen LogP contribution < -0.4 is 4.57 Å². The van der Waals surface area contributed by atoms with Crippen molar-refractivity contribution in [2.24, 2.45) is 7.05 Å². The van der Waals surface area contributed by atoms with Gasteiger partial charge in [-0.05, 0) is 35.4 Å². The van der Waals surface area contributed by atoms with Gasteiger partial charge in [-0.25, -0.2) is 13.4 Å². The lowest BCUT2D eigenvalue weighted by molar-refractivity contribution is -0.617. The fourth-order valence-corrected chi connectivity index (χ4v) is 3.00. The van der Waals surface area contributed by atoms with Crippen LogP contribution in [0.4, 0.5) is 0 Å². The summed E-state index contributed by atoms with van der Waals surface area (Å²) < 4.78 is 33.2. The molecule has 0 amide bonds. The van der Waals surface area contributed by atoms with E-state index < -0.39 is 10.4 Å². The molecule has 1 aromatic heterocycles. The minimum Gasteiger partial charge on any atom is -0.726 e. The molecule has 0 aliphatic rings. The van der Waals surface area contributed by atoms with Gasteiger partial charge < -0.3 is 4.55 Å². The van der Waals surface area contributed by atoms with Crippen LogP contribution >= 0.6 is 11.6 Å². The molecular formula is C20H17ClN2O4S. The van der Waals surface area contributed by atoms with Crippen molar-refractivity contribution in [1.29, 1.82) is 0 Å². The van der Waals surface area contributed by atoms with Crippen LogP contribution in [0.1, 0.15) is 0 Å². The van der Waals surface area contributed by atoms with Crippen molar-refractivity contribution in [3.63, 3.8) is 0 Å². The predicted octanol–water partition coefficient (Wildman–Crippen LogP) is 3.63. The molecule has 0 fully saturated rings. The molecule has 4 rings (SSSR count). The quantitative estimate of drug-likeness (QED) is 0.216. The summed E-state index contributed by atoms with van der Waals surface area (Å²) in [6.07, 6.45) is 0. The van der Waals surface area contributed by atoms with E-state index in [2.05, 4.69) is 46.1 Å². The molecule has 0 radical (unpaired) electrons. The highest BCUT2D eigenvalue weighted by atomic mass is 35.5. The van der Waals surface area contributed by atoms with E-state index in [4.69, 9.17) is 16.6 Å². The first-order valence-electron chi connectivity index (χ1n) is 8.24. The van der Waals surface area contributed by atoms with Crippen LogP contribution in [0.2, 0.25) is 5.02 Å². The van der Waals surface area contributed by atoms with Gasteiger partial charge in [0, 0.05) is 17.2 Å². The van der Waals surface area contributed by atoms with Gasteiger partial charge in [0.1, 0.15) is 18.1 Å². The van der Waals surface area contributed by atoms with E-state index in [1.807, 2.05) is 36.4 Å². The normalized spacial score (nSPS) is 11.3. The second kappa shape index (κ2) is 8.20. The molecule has 0 saturated heterocycles. The zero-order valence-electron chi connectivity index (χ0n) is 15.2. The fourth-order valence-electron chi connectivity index (χ4n) is 2.84. The molecule has 0 aliphatic carbocycles. The number of aryl methyl sites for hydroxylation is 1. The van der Waals surface area contributed by atoms with Gasteiger partial charge in [-0.3, -0.25) is 4.18 Å². The van der Waals surface area contributed by atoms with E-state index in [9.17, 15) is 13.0 Å². The van der Waals surface area contributed by atoms with E-state index in [0.29, 0.717) is 5.02 Å². The van der Waals surface area contributed by atoms with Crippen LogP contribution in [0, 0.1) is 0 Å². The summed E-state index contributed by atoms with van der Waals surface area (Å²) in [5, 5.41) is 0.707. The highest BCUT2D eigenvalue weighted by molar-refractivity contribution is 7.80. The van der Waals surface area contributed by atoms with Gasteiger partial charge in [-0.15, -0.1) is 0 Å². The van der Waals surface area contributed by atoms with Gasteiger partial charge >= 0.3 is 0 Å². The van der Waals surface area contributed by atoms with Crippen molar-refractivity contribution < 1.29 is 21.7 Å². The number of halogens is 1. The lowest BCUT2D eigenvalue weighted by atomic mass is 10.0. The zero-order chi connectivity index (χ0) is 20.3. The fraction of sp³-hybridized carbons (Fsp3) is 0.100. The van der Waals surface area contributed by atoms with Gasteiger partial charge in [-0.1, -0.05) is 41.9 Å². The lowest BCUT2D eigenvalue weighted by Gasteiger charge is -2.05. The summed E-state index contributed by atoms with van der Waals surface area (Å²) >= 11 is 6.10. The molecule has 0 saturated carbocycles. The van der Waals surface area contributed by atoms with Gasteiger partial charge in [0.2, 0.25) is 21.4 Å². The number of aromatic nitrogens is 2. The summed E-state index contributed by atoms with van der Waals surface area (Å²) in [5.41, 5.74) is 6.42. The van der Waals surface area contributed by atoms with Crippen LogP contribution in [0.5, 0.6) is 0 Å². The number of hydrogen-bond acceptors (Lipinski definition) is 5. The maximum absolute atomic E-state index is 9.22. The van der Waals surface area contributed by atoms with Crippen LogP contribution in [-0.2, 0) is 21.6 Å². The SMILES string of the molecule is COS(=O)(=O)[O-].C[n+]1c2ccc(Cl)cc2nc2cc(-c3ccccc3)ccc21. The smallest absolute Gasteiger partial charge is 0.231 e. The maximum atomic E-state index is 9.22. The Kier molecular flexibility index (Phi) is 5.90. The lowest BCUT2D eigenvalue weighted by Crippen LogP contribution is -2.30. The Morgan fingerprint density at radius 3 is 2.11 bits per heavy atom. The van der Waals surface area contributed by atoms with Gasteiger partial charge in [0.15, 0.2) is 0 Å². The van der Waals surface area contributed by atoms with Crippen LogP contribution in [0.25, 0.3) is 33.2 Å². The van der Waals surface area contributed by atoms with Crippen molar-refractivity contribution in [3.8, 4) is 11.1 Å². The Balaban J connectivity index is 0.000000330. The predicted molar refractivity (Wildman–Crippen MR) is 108 cm³/mol. The van der Waals surface area contributed by atoms with E-state index >= 15 is 0 Å². The van der Waals surface area contributed by atoms with Crippen LogP contribution in [0.3, 0.4) is 0 Å². The third kappa shape index (κ3) is 4.63. The number of nitrogens with zero attached hydrogens (tertiary/aromatic N) is 2. The largest absolute Gasteiger partial charge is 0.726 e. The van der Waals surface area contributed by atoms with Gasteiger partial charge in [0.25, 0.3) is 0 Å². The molecule has 0 spiro atoms. The molecule has 0 bridgehead atoms. The second-order valence-electron chi connectivity index (χ2n) is 5.95. The minimum atomic E-state index is -4.41. The molecule has 3 aromatic carbocycles. The standard InChI is InChI=1S/C19H14ClN2.CH4O4S/c1-22-18-9-7-14(13-5-3-2-4-6-13)11-16(18)21-17-12-15(20)8-10-19(17)22;1-5-6(2,3)4/h2-12H,1H3;1H3,(H,2,3,4)/q+1;/p-1. The minimum absolute atomic E-state index is 0.707. The molecule has 0 unspecified atom stereocenters. The molecule has 6 nitrogen and oxygen atoms in total. The molecular weight excluding hydrogens is 400 g/mol. The Morgan fingerprint density at radius 2 is 1.50 bits per heavy atom. The van der Waals surface area contributed by atoms with Crippen molar-refractivity contribution in [1.82, 2.24) is 4.98 Å². The Hall–Kier alpha value is -2.58. The number of fused-ring (bicyclic) bond motifs is 2. The van der Waals surface area contributed by atoms with Crippen molar-refractivity contribution in [2.45, 2.75) is 0 Å². The van der Waals surface area contributed by atoms with Crippen molar-refractivity contribution >= 4 is 44.1 Å². The summed E-state index contributed by atoms with van der Waals surface area (Å²) in [7, 11) is -1.55. The summed E-state index contributed by atoms with van der Waals surface area (Å²) in [4.78, 5) is 4.78. The first kappa shape index (κ1) is 20.2. The summed E-state index contributed by atoms with van der Waals surface area (Å²) in [5.74, 6) is 0. The van der Waals surface area contributed by atoms with E-state index in [1.54, 1.807) is 0 Å². The third-order valence-corrected chi connectivity index (χ3v) is 4.83. The highest BCUT2D eigenvalue weighted by Gasteiger charge is 2.14. The maximum Gasteiger partial charge on any atom is 0.231 e. The topological polar surface area (TPSA) is 83.2 Å². The molecule has 8 heteroatoms. The monoisotopic (exact) mass is 416 g/mol. The molecule has 144 valence electrons. The molecule has 0 atom stereocenters. The molecule has 0 N–H and O–H groups in total. The van der Waals surface area contributed by atoms with Crippen LogP contribution in [0.15, 0.2) is 66.7 Å². The average Bonchev–Trinajstić information content (AvgIpc) is 2.68. The highest BCUT2D eigenvalue weighted by Crippen LogP contribution is 2.24. The number of benzene rings is 3. The van der Waals surface area contributed by atoms with Gasteiger partial charge in [0.05, 0.1) is 7.11 Å². The molecule has 1 heterocycles. The van der Waals surface area contributed by atoms with E-state index in [-0.39, 0.29) is 0 Å². The Bertz CT molecular complexity index is 1250. The second-order valence-corrected chi connectivity index (χ2v) is 7.53. The Labute approximate surface area is 167 Å². The zero-order valence-corrected chi connectivity index (χ0v) is 16.7. The summed E-state index contributed by atoms with van der Waals surface area (Å²) in [6.45, 7) is 0. The number of rotatable bonds is 2. The third-order valence-electron chi connectivity index (χ3n) is 4.19. The van der Waals surface area contributed by atoms with E-state index in [1.165, 1.54) is 11.1 Å².